The number of carbonyl (C=O) groups is 1. The summed E-state index contributed by atoms with van der Waals surface area (Å²) in [6.45, 7) is 1.87. The number of hydrogen-bond donors (Lipinski definition) is 1. The van der Waals surface area contributed by atoms with E-state index in [1.807, 2.05) is 6.92 Å². The highest BCUT2D eigenvalue weighted by molar-refractivity contribution is 5.67. The Morgan fingerprint density at radius 1 is 1.88 bits per heavy atom. The van der Waals surface area contributed by atoms with Gasteiger partial charge in [0.2, 0.25) is 0 Å². The van der Waals surface area contributed by atoms with Gasteiger partial charge in [-0.2, -0.15) is 0 Å². The summed E-state index contributed by atoms with van der Waals surface area (Å²) < 4.78 is 4.85. The molecule has 1 saturated heterocycles. The number of hydrogen-bond acceptors (Lipinski definition) is 2. The van der Waals surface area contributed by atoms with Gasteiger partial charge in [0.05, 0.1) is 18.6 Å². The van der Waals surface area contributed by atoms with Crippen LogP contribution in [-0.2, 0) is 9.53 Å². The average Bonchev–Trinajstić information content (AvgIpc) is 2.17. The van der Waals surface area contributed by atoms with Crippen molar-refractivity contribution in [1.82, 2.24) is 0 Å². The molecule has 0 saturated carbocycles. The summed E-state index contributed by atoms with van der Waals surface area (Å²) in [7, 11) is 0. The van der Waals surface area contributed by atoms with Crippen molar-refractivity contribution in [3.63, 3.8) is 0 Å². The molecule has 3 nitrogen and oxygen atoms in total. The zero-order valence-electron chi connectivity index (χ0n) is 4.63. The lowest BCUT2D eigenvalue weighted by Crippen LogP contribution is -2.00. The first-order chi connectivity index (χ1) is 3.70. The Kier molecular flexibility index (Phi) is 1.21. The molecule has 0 aromatic carbocycles. The largest absolute Gasteiger partial charge is 0.481 e. The van der Waals surface area contributed by atoms with E-state index in [1.165, 1.54) is 0 Å². The Hall–Kier alpha value is -0.570. The van der Waals surface area contributed by atoms with E-state index in [4.69, 9.17) is 9.84 Å². The molecular weight excluding hydrogens is 108 g/mol. The second-order valence-electron chi connectivity index (χ2n) is 1.98. The van der Waals surface area contributed by atoms with E-state index < -0.39 is 5.97 Å². The molecule has 0 unspecified atom stereocenters. The molecule has 0 bridgehead atoms. The third kappa shape index (κ3) is 1.20. The quantitative estimate of drug-likeness (QED) is 0.526. The van der Waals surface area contributed by atoms with Crippen LogP contribution in [0.2, 0.25) is 0 Å². The minimum atomic E-state index is -0.778. The van der Waals surface area contributed by atoms with Gasteiger partial charge < -0.3 is 9.84 Å². The molecule has 0 aromatic rings. The van der Waals surface area contributed by atoms with E-state index >= 15 is 0 Å². The van der Waals surface area contributed by atoms with Crippen molar-refractivity contribution in [2.45, 2.75) is 25.6 Å². The van der Waals surface area contributed by atoms with E-state index in [9.17, 15) is 4.79 Å². The highest BCUT2D eigenvalue weighted by Gasteiger charge is 2.35. The van der Waals surface area contributed by atoms with Crippen molar-refractivity contribution < 1.29 is 14.6 Å². The fraction of sp³-hybridized carbons (Fsp3) is 0.800. The molecule has 0 amide bonds. The van der Waals surface area contributed by atoms with E-state index in [-0.39, 0.29) is 18.6 Å². The molecule has 0 aliphatic carbocycles. The molecule has 1 heterocycles. The number of ether oxygens (including phenoxy) is 1. The maximum Gasteiger partial charge on any atom is 0.306 e. The molecule has 46 valence electrons. The summed E-state index contributed by atoms with van der Waals surface area (Å²) in [6.07, 6.45) is 0.319. The van der Waals surface area contributed by atoms with Gasteiger partial charge in [-0.05, 0) is 6.92 Å². The Bertz CT molecular complexity index is 110. The van der Waals surface area contributed by atoms with E-state index in [0.29, 0.717) is 0 Å². The van der Waals surface area contributed by atoms with Crippen LogP contribution in [0.15, 0.2) is 0 Å². The average molecular weight is 116 g/mol. The molecule has 1 N–H and O–H groups in total. The van der Waals surface area contributed by atoms with Gasteiger partial charge in [0.25, 0.3) is 0 Å². The molecule has 1 aliphatic heterocycles. The van der Waals surface area contributed by atoms with Crippen LogP contribution in [0.1, 0.15) is 13.3 Å². The lowest BCUT2D eigenvalue weighted by atomic mass is 10.3. The molecule has 1 aliphatic rings. The van der Waals surface area contributed by atoms with Crippen LogP contribution in [0.3, 0.4) is 0 Å². The van der Waals surface area contributed by atoms with Crippen LogP contribution in [0.4, 0.5) is 0 Å². The summed E-state index contributed by atoms with van der Waals surface area (Å²) >= 11 is 0. The summed E-state index contributed by atoms with van der Waals surface area (Å²) in [5.74, 6) is -0.778. The van der Waals surface area contributed by atoms with Gasteiger partial charge in [0, 0.05) is 0 Å². The van der Waals surface area contributed by atoms with Gasteiger partial charge in [-0.3, -0.25) is 4.79 Å². The Morgan fingerprint density at radius 2 is 2.38 bits per heavy atom. The summed E-state index contributed by atoms with van der Waals surface area (Å²) in [5, 5.41) is 8.16. The predicted molar refractivity (Wildman–Crippen MR) is 26.6 cm³/mol. The lowest BCUT2D eigenvalue weighted by Gasteiger charge is -1.81. The third-order valence-corrected chi connectivity index (χ3v) is 1.21. The van der Waals surface area contributed by atoms with Crippen molar-refractivity contribution in [2.75, 3.05) is 0 Å². The normalized spacial score (nSPS) is 34.6. The first-order valence-corrected chi connectivity index (χ1v) is 2.57. The second kappa shape index (κ2) is 1.74. The number of carboxylic acids is 1. The summed E-state index contributed by atoms with van der Waals surface area (Å²) in [6, 6.07) is 0. The van der Waals surface area contributed by atoms with Crippen LogP contribution in [0, 0.1) is 0 Å². The predicted octanol–water partition coefficient (Wildman–Crippen LogP) is 0.248. The van der Waals surface area contributed by atoms with Gasteiger partial charge in [-0.15, -0.1) is 0 Å². The topological polar surface area (TPSA) is 49.8 Å². The van der Waals surface area contributed by atoms with Crippen molar-refractivity contribution in [3.8, 4) is 0 Å². The Morgan fingerprint density at radius 3 is 2.50 bits per heavy atom. The number of aliphatic carboxylic acids is 1. The van der Waals surface area contributed by atoms with Gasteiger partial charge in [0.1, 0.15) is 0 Å². The Balaban J connectivity index is 2.14. The van der Waals surface area contributed by atoms with E-state index in [1.54, 1.807) is 0 Å². The van der Waals surface area contributed by atoms with E-state index in [0.717, 1.165) is 0 Å². The molecule has 0 spiro atoms. The molecule has 1 fully saturated rings. The molecule has 0 aromatic heterocycles. The minimum absolute atomic E-state index is 0.00694. The van der Waals surface area contributed by atoms with E-state index in [2.05, 4.69) is 0 Å². The van der Waals surface area contributed by atoms with Crippen LogP contribution in [0.5, 0.6) is 0 Å². The zero-order chi connectivity index (χ0) is 6.15. The van der Waals surface area contributed by atoms with Crippen molar-refractivity contribution >= 4 is 5.97 Å². The second-order valence-corrected chi connectivity index (χ2v) is 1.98. The highest BCUT2D eigenvalue weighted by atomic mass is 16.6. The lowest BCUT2D eigenvalue weighted by molar-refractivity contribution is -0.137. The molecule has 3 heteroatoms. The SMILES string of the molecule is C[C@@H]1O[C@H]1CC(=O)O. The molecule has 1 rings (SSSR count). The smallest absolute Gasteiger partial charge is 0.306 e. The number of epoxide rings is 1. The summed E-state index contributed by atoms with van der Waals surface area (Å²) in [4.78, 5) is 9.92. The number of rotatable bonds is 2. The molecular formula is C5H8O3. The maximum atomic E-state index is 9.92. The third-order valence-electron chi connectivity index (χ3n) is 1.21. The minimum Gasteiger partial charge on any atom is -0.481 e. The van der Waals surface area contributed by atoms with Crippen molar-refractivity contribution in [1.29, 1.82) is 0 Å². The molecule has 0 radical (unpaired) electrons. The van der Waals surface area contributed by atoms with Gasteiger partial charge in [-0.25, -0.2) is 0 Å². The van der Waals surface area contributed by atoms with Gasteiger partial charge >= 0.3 is 5.97 Å². The van der Waals surface area contributed by atoms with Crippen LogP contribution < -0.4 is 0 Å². The first-order valence-electron chi connectivity index (χ1n) is 2.57. The van der Waals surface area contributed by atoms with Crippen LogP contribution >= 0.6 is 0 Å². The highest BCUT2D eigenvalue weighted by Crippen LogP contribution is 2.23. The zero-order valence-corrected chi connectivity index (χ0v) is 4.63. The fourth-order valence-electron chi connectivity index (χ4n) is 0.617. The Labute approximate surface area is 47.3 Å². The van der Waals surface area contributed by atoms with Crippen molar-refractivity contribution in [3.05, 3.63) is 0 Å². The van der Waals surface area contributed by atoms with Crippen LogP contribution in [0.25, 0.3) is 0 Å². The number of carboxylic acid groups (broad SMARTS) is 1. The summed E-state index contributed by atoms with van der Waals surface area (Å²) in [5.41, 5.74) is 0. The fourth-order valence-corrected chi connectivity index (χ4v) is 0.617. The standard InChI is InChI=1S/C5H8O3/c1-3-4(8-3)2-5(6)7/h3-4H,2H2,1H3,(H,6,7)/t3-,4-/m0/s1. The van der Waals surface area contributed by atoms with Crippen molar-refractivity contribution in [2.24, 2.45) is 0 Å². The monoisotopic (exact) mass is 116 g/mol. The van der Waals surface area contributed by atoms with Gasteiger partial charge in [-0.1, -0.05) is 0 Å². The maximum absolute atomic E-state index is 9.92. The molecule has 2 atom stereocenters. The first kappa shape index (κ1) is 5.56. The van der Waals surface area contributed by atoms with Crippen LogP contribution in [-0.4, -0.2) is 23.3 Å². The molecule has 8 heavy (non-hydrogen) atoms. The van der Waals surface area contributed by atoms with Gasteiger partial charge in [0.15, 0.2) is 0 Å².